The molecular formula is C21H27N3O4. The number of hydrogen-bond donors (Lipinski definition) is 2. The predicted molar refractivity (Wildman–Crippen MR) is 107 cm³/mol. The number of benzene rings is 1. The Labute approximate surface area is 164 Å². The van der Waals surface area contributed by atoms with Gasteiger partial charge in [-0.1, -0.05) is 12.5 Å². The summed E-state index contributed by atoms with van der Waals surface area (Å²) in [5.74, 6) is 1.15. The number of carbonyl (C=O) groups is 1. The maximum Gasteiger partial charge on any atom is 0.252 e. The monoisotopic (exact) mass is 385 g/mol. The molecule has 0 spiro atoms. The van der Waals surface area contributed by atoms with Gasteiger partial charge in [0, 0.05) is 18.8 Å². The number of ether oxygens (including phenoxy) is 2. The summed E-state index contributed by atoms with van der Waals surface area (Å²) < 4.78 is 10.8. The number of nitrogens with one attached hydrogen (secondary N) is 2. The number of likely N-dealkylation sites (tertiary alicyclic amines) is 1. The highest BCUT2D eigenvalue weighted by molar-refractivity contribution is 5.93. The molecule has 1 unspecified atom stereocenters. The van der Waals surface area contributed by atoms with Crippen molar-refractivity contribution >= 4 is 5.91 Å². The van der Waals surface area contributed by atoms with Crippen molar-refractivity contribution in [3.63, 3.8) is 0 Å². The van der Waals surface area contributed by atoms with Crippen molar-refractivity contribution in [1.82, 2.24) is 15.2 Å². The van der Waals surface area contributed by atoms with Crippen LogP contribution in [0.2, 0.25) is 0 Å². The first-order valence-corrected chi connectivity index (χ1v) is 9.55. The van der Waals surface area contributed by atoms with Gasteiger partial charge in [-0.25, -0.2) is 0 Å². The molecule has 1 fully saturated rings. The molecule has 1 atom stereocenters. The molecule has 7 heteroatoms. The number of piperidine rings is 1. The minimum Gasteiger partial charge on any atom is -0.493 e. The molecule has 1 aliphatic heterocycles. The summed E-state index contributed by atoms with van der Waals surface area (Å²) in [4.78, 5) is 28.6. The lowest BCUT2D eigenvalue weighted by Gasteiger charge is -2.35. The van der Waals surface area contributed by atoms with E-state index in [0.717, 1.165) is 31.5 Å². The molecule has 1 aliphatic rings. The quantitative estimate of drug-likeness (QED) is 0.764. The van der Waals surface area contributed by atoms with Crippen LogP contribution in [-0.4, -0.2) is 49.6 Å². The molecule has 0 bridgehead atoms. The number of rotatable bonds is 7. The fourth-order valence-electron chi connectivity index (χ4n) is 3.59. The molecule has 1 saturated heterocycles. The van der Waals surface area contributed by atoms with Crippen LogP contribution >= 0.6 is 0 Å². The Kier molecular flexibility index (Phi) is 6.71. The van der Waals surface area contributed by atoms with E-state index in [1.807, 2.05) is 18.2 Å². The minimum absolute atomic E-state index is 0.0341. The number of aromatic nitrogens is 1. The van der Waals surface area contributed by atoms with E-state index in [0.29, 0.717) is 23.6 Å². The van der Waals surface area contributed by atoms with Crippen LogP contribution in [0.1, 0.15) is 41.2 Å². The van der Waals surface area contributed by atoms with Gasteiger partial charge in [0.1, 0.15) is 0 Å². The summed E-state index contributed by atoms with van der Waals surface area (Å²) in [6.07, 6.45) is 4.97. The van der Waals surface area contributed by atoms with Crippen molar-refractivity contribution < 1.29 is 14.3 Å². The molecule has 0 aliphatic carbocycles. The largest absolute Gasteiger partial charge is 0.493 e. The minimum atomic E-state index is -0.229. The van der Waals surface area contributed by atoms with Gasteiger partial charge in [-0.15, -0.1) is 0 Å². The van der Waals surface area contributed by atoms with Gasteiger partial charge in [0.2, 0.25) is 5.56 Å². The normalized spacial score (nSPS) is 15.6. The number of pyridine rings is 1. The Balaban J connectivity index is 1.80. The van der Waals surface area contributed by atoms with E-state index in [1.54, 1.807) is 14.2 Å². The first kappa shape index (κ1) is 19.9. The molecule has 0 radical (unpaired) electrons. The Morgan fingerprint density at radius 2 is 1.86 bits per heavy atom. The number of H-pyrrole nitrogens is 1. The molecule has 1 aromatic heterocycles. The number of aromatic amines is 1. The van der Waals surface area contributed by atoms with E-state index in [1.165, 1.54) is 24.8 Å². The Morgan fingerprint density at radius 1 is 1.11 bits per heavy atom. The van der Waals surface area contributed by atoms with Crippen LogP contribution in [0.4, 0.5) is 0 Å². The first-order chi connectivity index (χ1) is 13.6. The molecular weight excluding hydrogens is 358 g/mol. The molecule has 2 aromatic rings. The number of carbonyl (C=O) groups excluding carboxylic acids is 1. The van der Waals surface area contributed by atoms with Crippen molar-refractivity contribution in [2.24, 2.45) is 0 Å². The number of hydrogen-bond acceptors (Lipinski definition) is 5. The number of nitrogens with zero attached hydrogens (tertiary/aromatic N) is 1. The highest BCUT2D eigenvalue weighted by Gasteiger charge is 2.24. The summed E-state index contributed by atoms with van der Waals surface area (Å²) in [7, 11) is 3.24. The highest BCUT2D eigenvalue weighted by atomic mass is 16.5. The zero-order chi connectivity index (χ0) is 19.9. The van der Waals surface area contributed by atoms with Crippen molar-refractivity contribution in [3.05, 3.63) is 58.0 Å². The van der Waals surface area contributed by atoms with Crippen LogP contribution < -0.4 is 20.3 Å². The SMILES string of the molecule is COc1ccc(C(CNC(=O)c2ccc(=O)[nH]c2)N2CCCCC2)cc1OC. The zero-order valence-corrected chi connectivity index (χ0v) is 16.4. The second kappa shape index (κ2) is 9.41. The number of methoxy groups -OCH3 is 2. The fraction of sp³-hybridized carbons (Fsp3) is 0.429. The second-order valence-corrected chi connectivity index (χ2v) is 6.88. The van der Waals surface area contributed by atoms with Gasteiger partial charge in [-0.05, 0) is 49.7 Å². The van der Waals surface area contributed by atoms with Crippen LogP contribution in [0.5, 0.6) is 11.5 Å². The van der Waals surface area contributed by atoms with Gasteiger partial charge >= 0.3 is 0 Å². The molecule has 2 N–H and O–H groups in total. The van der Waals surface area contributed by atoms with Crippen LogP contribution in [0, 0.1) is 0 Å². The second-order valence-electron chi connectivity index (χ2n) is 6.88. The molecule has 0 saturated carbocycles. The number of amides is 1. The van der Waals surface area contributed by atoms with Crippen LogP contribution in [0.25, 0.3) is 0 Å². The summed E-state index contributed by atoms with van der Waals surface area (Å²) in [6, 6.07) is 8.81. The van der Waals surface area contributed by atoms with Crippen LogP contribution in [0.3, 0.4) is 0 Å². The predicted octanol–water partition coefficient (Wildman–Crippen LogP) is 2.35. The molecule has 3 rings (SSSR count). The van der Waals surface area contributed by atoms with Crippen molar-refractivity contribution in [1.29, 1.82) is 0 Å². The molecule has 1 amide bonds. The van der Waals surface area contributed by atoms with E-state index in [4.69, 9.17) is 9.47 Å². The van der Waals surface area contributed by atoms with Gasteiger partial charge in [0.15, 0.2) is 11.5 Å². The Hall–Kier alpha value is -2.80. The summed E-state index contributed by atoms with van der Waals surface area (Å²) in [5, 5.41) is 3.01. The Morgan fingerprint density at radius 3 is 2.50 bits per heavy atom. The fourth-order valence-corrected chi connectivity index (χ4v) is 3.59. The van der Waals surface area contributed by atoms with Gasteiger partial charge in [-0.2, -0.15) is 0 Å². The van der Waals surface area contributed by atoms with Gasteiger partial charge in [0.25, 0.3) is 5.91 Å². The third kappa shape index (κ3) is 4.72. The summed E-state index contributed by atoms with van der Waals surface area (Å²) in [6.45, 7) is 2.45. The third-order valence-corrected chi connectivity index (χ3v) is 5.13. The molecule has 1 aromatic carbocycles. The molecule has 7 nitrogen and oxygen atoms in total. The molecule has 28 heavy (non-hydrogen) atoms. The molecule has 2 heterocycles. The topological polar surface area (TPSA) is 83.7 Å². The van der Waals surface area contributed by atoms with Crippen molar-refractivity contribution in [2.45, 2.75) is 25.3 Å². The maximum absolute atomic E-state index is 12.5. The standard InChI is InChI=1S/C21H27N3O4/c1-27-18-8-6-15(12-19(18)28-2)17(24-10-4-3-5-11-24)14-23-21(26)16-7-9-20(25)22-13-16/h6-9,12-13,17H,3-5,10-11,14H2,1-2H3,(H,22,25)(H,23,26). The van der Waals surface area contributed by atoms with Crippen molar-refractivity contribution in [3.8, 4) is 11.5 Å². The average Bonchev–Trinajstić information content (AvgIpc) is 2.74. The van der Waals surface area contributed by atoms with E-state index >= 15 is 0 Å². The van der Waals surface area contributed by atoms with Crippen LogP contribution in [0.15, 0.2) is 41.3 Å². The summed E-state index contributed by atoms with van der Waals surface area (Å²) in [5.41, 5.74) is 1.28. The van der Waals surface area contributed by atoms with Crippen LogP contribution in [-0.2, 0) is 0 Å². The lowest BCUT2D eigenvalue weighted by molar-refractivity contribution is 0.0924. The Bertz CT molecular complexity index is 838. The van der Waals surface area contributed by atoms with Gasteiger partial charge in [0.05, 0.1) is 25.8 Å². The lowest BCUT2D eigenvalue weighted by Crippen LogP contribution is -2.40. The van der Waals surface area contributed by atoms with Crippen molar-refractivity contribution in [2.75, 3.05) is 33.9 Å². The summed E-state index contributed by atoms with van der Waals surface area (Å²) >= 11 is 0. The maximum atomic E-state index is 12.5. The third-order valence-electron chi connectivity index (χ3n) is 5.13. The van der Waals surface area contributed by atoms with E-state index in [9.17, 15) is 9.59 Å². The van der Waals surface area contributed by atoms with E-state index in [2.05, 4.69) is 15.2 Å². The van der Waals surface area contributed by atoms with E-state index in [-0.39, 0.29) is 17.5 Å². The zero-order valence-electron chi connectivity index (χ0n) is 16.4. The molecule has 150 valence electrons. The van der Waals surface area contributed by atoms with Gasteiger partial charge < -0.3 is 19.8 Å². The van der Waals surface area contributed by atoms with Gasteiger partial charge in [-0.3, -0.25) is 14.5 Å². The average molecular weight is 385 g/mol. The smallest absolute Gasteiger partial charge is 0.252 e. The van der Waals surface area contributed by atoms with E-state index < -0.39 is 0 Å². The highest BCUT2D eigenvalue weighted by Crippen LogP contribution is 2.32. The first-order valence-electron chi connectivity index (χ1n) is 9.55. The lowest BCUT2D eigenvalue weighted by atomic mass is 10.0.